The van der Waals surface area contributed by atoms with Crippen LogP contribution in [-0.4, -0.2) is 6.29 Å². The second-order valence-electron chi connectivity index (χ2n) is 5.12. The van der Waals surface area contributed by atoms with Crippen LogP contribution in [-0.2, 0) is 6.54 Å². The number of carbonyl (C=O) groups excluding carboxylic acids is 1. The Morgan fingerprint density at radius 2 is 1.52 bits per heavy atom. The van der Waals surface area contributed by atoms with E-state index < -0.39 is 0 Å². The third kappa shape index (κ3) is 3.98. The number of hydrogen-bond donors (Lipinski definition) is 1. The molecule has 0 saturated heterocycles. The predicted octanol–water partition coefficient (Wildman–Crippen LogP) is 4.90. The van der Waals surface area contributed by atoms with Crippen LogP contribution in [0.2, 0.25) is 0 Å². The Morgan fingerprint density at radius 1 is 0.826 bits per heavy atom. The third-order valence-corrected chi connectivity index (χ3v) is 3.46. The highest BCUT2D eigenvalue weighted by atomic mass is 16.5. The summed E-state index contributed by atoms with van der Waals surface area (Å²) in [6.07, 6.45) is 0.847. The van der Waals surface area contributed by atoms with E-state index in [4.69, 9.17) is 4.74 Å². The summed E-state index contributed by atoms with van der Waals surface area (Å²) in [6.45, 7) is 0.649. The molecular weight excluding hydrogens is 286 g/mol. The van der Waals surface area contributed by atoms with Gasteiger partial charge in [0.1, 0.15) is 11.5 Å². The molecule has 3 heteroatoms. The first-order valence-electron chi connectivity index (χ1n) is 7.45. The fourth-order valence-corrected chi connectivity index (χ4v) is 2.27. The van der Waals surface area contributed by atoms with Crippen molar-refractivity contribution >= 4 is 12.0 Å². The van der Waals surface area contributed by atoms with Crippen molar-refractivity contribution < 1.29 is 9.53 Å². The zero-order chi connectivity index (χ0) is 15.9. The van der Waals surface area contributed by atoms with Crippen LogP contribution in [0.5, 0.6) is 11.5 Å². The monoisotopic (exact) mass is 303 g/mol. The lowest BCUT2D eigenvalue weighted by atomic mass is 10.1. The van der Waals surface area contributed by atoms with E-state index in [1.54, 1.807) is 12.1 Å². The molecule has 0 amide bonds. The van der Waals surface area contributed by atoms with Crippen molar-refractivity contribution in [3.63, 3.8) is 0 Å². The minimum absolute atomic E-state index is 0.612. The summed E-state index contributed by atoms with van der Waals surface area (Å²) in [4.78, 5) is 11.2. The minimum atomic E-state index is 0.612. The molecule has 3 aromatic rings. The van der Waals surface area contributed by atoms with Crippen LogP contribution in [0.25, 0.3) is 0 Å². The van der Waals surface area contributed by atoms with Crippen molar-refractivity contribution in [1.82, 2.24) is 0 Å². The maximum absolute atomic E-state index is 11.2. The second-order valence-corrected chi connectivity index (χ2v) is 5.12. The van der Waals surface area contributed by atoms with Crippen LogP contribution in [0.15, 0.2) is 78.9 Å². The van der Waals surface area contributed by atoms with Crippen molar-refractivity contribution in [3.8, 4) is 11.5 Å². The van der Waals surface area contributed by atoms with E-state index in [0.717, 1.165) is 23.3 Å². The quantitative estimate of drug-likeness (QED) is 0.658. The molecule has 0 aliphatic carbocycles. The van der Waals surface area contributed by atoms with E-state index in [0.29, 0.717) is 17.9 Å². The Balaban J connectivity index is 1.77. The average Bonchev–Trinajstić information content (AvgIpc) is 2.62. The summed E-state index contributed by atoms with van der Waals surface area (Å²) in [5, 5.41) is 3.30. The third-order valence-electron chi connectivity index (χ3n) is 3.46. The van der Waals surface area contributed by atoms with Gasteiger partial charge in [0.05, 0.1) is 0 Å². The summed E-state index contributed by atoms with van der Waals surface area (Å²) in [5.74, 6) is 1.46. The first kappa shape index (κ1) is 14.9. The van der Waals surface area contributed by atoms with Gasteiger partial charge in [-0.05, 0) is 29.8 Å². The Bertz CT molecular complexity index is 770. The number of ether oxygens (including phenoxy) is 1. The number of hydrogen-bond acceptors (Lipinski definition) is 3. The molecule has 0 atom stereocenters. The van der Waals surface area contributed by atoms with Gasteiger partial charge in [0.15, 0.2) is 6.29 Å². The summed E-state index contributed by atoms with van der Waals surface area (Å²) in [7, 11) is 0. The Morgan fingerprint density at radius 3 is 2.22 bits per heavy atom. The summed E-state index contributed by atoms with van der Waals surface area (Å²) < 4.78 is 5.81. The van der Waals surface area contributed by atoms with Gasteiger partial charge in [-0.2, -0.15) is 0 Å². The predicted molar refractivity (Wildman–Crippen MR) is 92.1 cm³/mol. The van der Waals surface area contributed by atoms with Gasteiger partial charge >= 0.3 is 0 Å². The zero-order valence-electron chi connectivity index (χ0n) is 12.6. The molecule has 0 saturated carbocycles. The fourth-order valence-electron chi connectivity index (χ4n) is 2.27. The van der Waals surface area contributed by atoms with Gasteiger partial charge in [-0.15, -0.1) is 0 Å². The van der Waals surface area contributed by atoms with Gasteiger partial charge in [0, 0.05) is 23.9 Å². The van der Waals surface area contributed by atoms with E-state index in [1.807, 2.05) is 66.7 Å². The number of rotatable bonds is 6. The lowest BCUT2D eigenvalue weighted by molar-refractivity contribution is 0.112. The molecule has 0 spiro atoms. The molecule has 3 rings (SSSR count). The molecule has 3 nitrogen and oxygen atoms in total. The van der Waals surface area contributed by atoms with Gasteiger partial charge in [0.2, 0.25) is 0 Å². The highest BCUT2D eigenvalue weighted by molar-refractivity contribution is 5.84. The smallest absolute Gasteiger partial charge is 0.152 e. The topological polar surface area (TPSA) is 38.3 Å². The van der Waals surface area contributed by atoms with E-state index in [9.17, 15) is 4.79 Å². The molecule has 0 bridgehead atoms. The molecule has 0 fully saturated rings. The van der Waals surface area contributed by atoms with Crippen molar-refractivity contribution in [2.75, 3.05) is 5.32 Å². The number of aldehydes is 1. The number of nitrogens with one attached hydrogen (secondary N) is 1. The van der Waals surface area contributed by atoms with E-state index in [1.165, 1.54) is 0 Å². The first-order valence-corrected chi connectivity index (χ1v) is 7.45. The Kier molecular flexibility index (Phi) is 4.69. The van der Waals surface area contributed by atoms with Crippen LogP contribution in [0.3, 0.4) is 0 Å². The molecule has 0 aliphatic heterocycles. The van der Waals surface area contributed by atoms with Crippen molar-refractivity contribution in [2.45, 2.75) is 6.54 Å². The fraction of sp³-hybridized carbons (Fsp3) is 0.0500. The summed E-state index contributed by atoms with van der Waals surface area (Å²) in [6, 6.07) is 25.0. The van der Waals surface area contributed by atoms with Crippen LogP contribution in [0.1, 0.15) is 15.9 Å². The van der Waals surface area contributed by atoms with Gasteiger partial charge in [-0.3, -0.25) is 4.79 Å². The maximum atomic E-state index is 11.2. The van der Waals surface area contributed by atoms with Crippen molar-refractivity contribution in [3.05, 3.63) is 90.0 Å². The molecule has 3 aromatic carbocycles. The Hall–Kier alpha value is -3.07. The zero-order valence-corrected chi connectivity index (χ0v) is 12.6. The molecule has 0 aliphatic rings. The molecule has 0 aromatic heterocycles. The summed E-state index contributed by atoms with van der Waals surface area (Å²) >= 11 is 0. The van der Waals surface area contributed by atoms with Gasteiger partial charge in [-0.25, -0.2) is 0 Å². The largest absolute Gasteiger partial charge is 0.457 e. The average molecular weight is 303 g/mol. The minimum Gasteiger partial charge on any atom is -0.457 e. The molecule has 0 unspecified atom stereocenters. The number of anilines is 1. The highest BCUT2D eigenvalue weighted by Gasteiger charge is 2.05. The van der Waals surface area contributed by atoms with Gasteiger partial charge in [-0.1, -0.05) is 48.5 Å². The van der Waals surface area contributed by atoms with Crippen molar-refractivity contribution in [2.24, 2.45) is 0 Å². The van der Waals surface area contributed by atoms with Crippen LogP contribution in [0.4, 0.5) is 5.69 Å². The lowest BCUT2D eigenvalue weighted by Gasteiger charge is -2.12. The Labute approximate surface area is 135 Å². The molecule has 0 radical (unpaired) electrons. The van der Waals surface area contributed by atoms with Crippen LogP contribution >= 0.6 is 0 Å². The highest BCUT2D eigenvalue weighted by Crippen LogP contribution is 2.26. The molecule has 1 N–H and O–H groups in total. The van der Waals surface area contributed by atoms with Crippen LogP contribution in [0, 0.1) is 0 Å². The van der Waals surface area contributed by atoms with Gasteiger partial charge in [0.25, 0.3) is 0 Å². The first-order chi connectivity index (χ1) is 11.3. The molecular formula is C20H17NO2. The second kappa shape index (κ2) is 7.27. The van der Waals surface area contributed by atoms with E-state index in [-0.39, 0.29) is 0 Å². The normalized spacial score (nSPS) is 10.1. The lowest BCUT2D eigenvalue weighted by Crippen LogP contribution is -2.02. The summed E-state index contributed by atoms with van der Waals surface area (Å²) in [5.41, 5.74) is 2.53. The molecule has 0 heterocycles. The van der Waals surface area contributed by atoms with Gasteiger partial charge < -0.3 is 10.1 Å². The van der Waals surface area contributed by atoms with Crippen molar-refractivity contribution in [1.29, 1.82) is 0 Å². The number of carbonyl (C=O) groups is 1. The SMILES string of the molecule is O=Cc1ccc(Oc2ccccc2)cc1NCc1ccccc1. The van der Waals surface area contributed by atoms with Crippen LogP contribution < -0.4 is 10.1 Å². The maximum Gasteiger partial charge on any atom is 0.152 e. The number of para-hydroxylation sites is 1. The van der Waals surface area contributed by atoms with E-state index >= 15 is 0 Å². The number of benzene rings is 3. The van der Waals surface area contributed by atoms with E-state index in [2.05, 4.69) is 5.32 Å². The molecule has 114 valence electrons. The molecule has 23 heavy (non-hydrogen) atoms. The standard InChI is InChI=1S/C20H17NO2/c22-15-17-11-12-19(23-18-9-5-2-6-10-18)13-20(17)21-14-16-7-3-1-4-8-16/h1-13,15,21H,14H2.